The number of aromatic hydroxyl groups is 1. The first-order valence-corrected chi connectivity index (χ1v) is 11.6. The second-order valence-corrected chi connectivity index (χ2v) is 8.39. The van der Waals surface area contributed by atoms with Crippen molar-refractivity contribution in [1.29, 1.82) is 0 Å². The predicted octanol–water partition coefficient (Wildman–Crippen LogP) is 7.26. The molecule has 1 amide bonds. The molecule has 4 aromatic rings. The molecule has 0 aliphatic heterocycles. The average Bonchev–Trinajstić information content (AvgIpc) is 3.31. The van der Waals surface area contributed by atoms with Crippen LogP contribution in [0.1, 0.15) is 36.8 Å². The lowest BCUT2D eigenvalue weighted by atomic mass is 9.92. The van der Waals surface area contributed by atoms with E-state index in [9.17, 15) is 23.1 Å². The van der Waals surface area contributed by atoms with Crippen molar-refractivity contribution in [2.24, 2.45) is 0 Å². The number of nitrogens with zero attached hydrogens (tertiary/aromatic N) is 1. The summed E-state index contributed by atoms with van der Waals surface area (Å²) < 4.78 is 50.3. The van der Waals surface area contributed by atoms with Gasteiger partial charge in [-0.1, -0.05) is 49.7 Å². The number of rotatable bonds is 8. The van der Waals surface area contributed by atoms with Crippen LogP contribution < -0.4 is 10.1 Å². The number of hydrogen-bond donors (Lipinski definition) is 2. The topological polar surface area (TPSA) is 84.6 Å². The highest BCUT2D eigenvalue weighted by Gasteiger charge is 2.31. The summed E-state index contributed by atoms with van der Waals surface area (Å²) in [5, 5.41) is 13.3. The van der Waals surface area contributed by atoms with Crippen LogP contribution >= 0.6 is 0 Å². The summed E-state index contributed by atoms with van der Waals surface area (Å²) in [6, 6.07) is 18.1. The number of phenols is 1. The van der Waals surface area contributed by atoms with E-state index in [4.69, 9.17) is 9.15 Å². The summed E-state index contributed by atoms with van der Waals surface area (Å²) in [5.41, 5.74) is 0.781. The Balaban J connectivity index is 1.72. The van der Waals surface area contributed by atoms with E-state index in [1.165, 1.54) is 25.3 Å². The van der Waals surface area contributed by atoms with Crippen LogP contribution in [0.4, 0.5) is 19.1 Å². The molecule has 0 aliphatic rings. The van der Waals surface area contributed by atoms with Crippen molar-refractivity contribution >= 4 is 11.8 Å². The fraction of sp³-hybridized carbons (Fsp3) is 0.214. The molecule has 3 aromatic carbocycles. The Morgan fingerprint density at radius 2 is 1.76 bits per heavy atom. The molecule has 1 atom stereocenters. The molecule has 6 nitrogen and oxygen atoms in total. The van der Waals surface area contributed by atoms with Gasteiger partial charge < -0.3 is 14.3 Å². The monoisotopic (exact) mass is 510 g/mol. The van der Waals surface area contributed by atoms with E-state index in [0.717, 1.165) is 12.1 Å². The molecule has 0 saturated carbocycles. The van der Waals surface area contributed by atoms with Gasteiger partial charge in [-0.2, -0.15) is 13.2 Å². The van der Waals surface area contributed by atoms with Crippen molar-refractivity contribution in [2.45, 2.75) is 31.9 Å². The number of benzene rings is 3. The first-order valence-electron chi connectivity index (χ1n) is 11.6. The van der Waals surface area contributed by atoms with Gasteiger partial charge in [0.2, 0.25) is 17.7 Å². The van der Waals surface area contributed by atoms with E-state index >= 15 is 0 Å². The summed E-state index contributed by atoms with van der Waals surface area (Å²) in [6.07, 6.45) is -3.40. The molecular formula is C28H25F3N2O4. The third-order valence-electron chi connectivity index (χ3n) is 5.88. The van der Waals surface area contributed by atoms with Gasteiger partial charge in [0.05, 0.1) is 18.6 Å². The molecule has 0 aliphatic carbocycles. The van der Waals surface area contributed by atoms with Crippen molar-refractivity contribution in [2.75, 3.05) is 12.4 Å². The number of alkyl halides is 3. The fourth-order valence-electron chi connectivity index (χ4n) is 3.98. The summed E-state index contributed by atoms with van der Waals surface area (Å²) in [4.78, 5) is 17.9. The van der Waals surface area contributed by atoms with Crippen molar-refractivity contribution < 1.29 is 32.2 Å². The molecule has 0 bridgehead atoms. The van der Waals surface area contributed by atoms with Crippen molar-refractivity contribution in [3.8, 4) is 34.2 Å². The zero-order valence-corrected chi connectivity index (χ0v) is 20.2. The largest absolute Gasteiger partial charge is 0.508 e. The van der Waals surface area contributed by atoms with E-state index in [1.807, 2.05) is 13.0 Å². The number of anilines is 1. The van der Waals surface area contributed by atoms with Crippen LogP contribution in [0.15, 0.2) is 77.2 Å². The number of methoxy groups -OCH3 is 1. The second kappa shape index (κ2) is 10.8. The number of phenolic OH excluding ortho intramolecular Hbond substituents is 1. The number of aromatic nitrogens is 1. The van der Waals surface area contributed by atoms with Crippen LogP contribution in [-0.2, 0) is 11.0 Å². The zero-order chi connectivity index (χ0) is 26.6. The van der Waals surface area contributed by atoms with Crippen LogP contribution in [0, 0.1) is 0 Å². The molecular weight excluding hydrogens is 485 g/mol. The van der Waals surface area contributed by atoms with Crippen LogP contribution in [0.3, 0.4) is 0 Å². The van der Waals surface area contributed by atoms with Gasteiger partial charge in [-0.15, -0.1) is 0 Å². The quantitative estimate of drug-likeness (QED) is 0.261. The highest BCUT2D eigenvalue weighted by Crippen LogP contribution is 2.37. The summed E-state index contributed by atoms with van der Waals surface area (Å²) in [7, 11) is 1.47. The lowest BCUT2D eigenvalue weighted by Crippen LogP contribution is -2.21. The number of carbonyl (C=O) groups is 1. The van der Waals surface area contributed by atoms with Crippen molar-refractivity contribution in [3.63, 3.8) is 0 Å². The molecule has 9 heteroatoms. The van der Waals surface area contributed by atoms with E-state index in [2.05, 4.69) is 10.3 Å². The molecule has 4 rings (SSSR count). The molecule has 1 aromatic heterocycles. The first kappa shape index (κ1) is 25.8. The number of hydrogen-bond acceptors (Lipinski definition) is 5. The van der Waals surface area contributed by atoms with Gasteiger partial charge in [0.1, 0.15) is 17.2 Å². The van der Waals surface area contributed by atoms with E-state index < -0.39 is 23.6 Å². The third kappa shape index (κ3) is 5.77. The number of amides is 1. The Morgan fingerprint density at radius 3 is 2.35 bits per heavy atom. The van der Waals surface area contributed by atoms with Gasteiger partial charge >= 0.3 is 6.18 Å². The highest BCUT2D eigenvalue weighted by molar-refractivity contribution is 5.98. The smallest absolute Gasteiger partial charge is 0.416 e. The van der Waals surface area contributed by atoms with Gasteiger partial charge in [0.25, 0.3) is 0 Å². The Labute approximate surface area is 211 Å². The van der Waals surface area contributed by atoms with Gasteiger partial charge in [0.15, 0.2) is 0 Å². The minimum Gasteiger partial charge on any atom is -0.508 e. The Morgan fingerprint density at radius 1 is 1.05 bits per heavy atom. The highest BCUT2D eigenvalue weighted by atomic mass is 19.4. The van der Waals surface area contributed by atoms with E-state index in [1.54, 1.807) is 36.4 Å². The van der Waals surface area contributed by atoms with Crippen LogP contribution in [0.2, 0.25) is 0 Å². The van der Waals surface area contributed by atoms with Crippen LogP contribution in [0.5, 0.6) is 11.5 Å². The van der Waals surface area contributed by atoms with Crippen molar-refractivity contribution in [3.05, 3.63) is 83.9 Å². The Kier molecular flexibility index (Phi) is 7.52. The number of carbonyl (C=O) groups excluding carboxylic acids is 1. The lowest BCUT2D eigenvalue weighted by Gasteiger charge is -2.18. The first-order chi connectivity index (χ1) is 17.7. The average molecular weight is 511 g/mol. The lowest BCUT2D eigenvalue weighted by molar-refractivity contribution is -0.137. The summed E-state index contributed by atoms with van der Waals surface area (Å²) >= 11 is 0. The number of halogens is 3. The molecule has 1 unspecified atom stereocenters. The summed E-state index contributed by atoms with van der Waals surface area (Å²) in [5.74, 6) is -0.613. The van der Waals surface area contributed by atoms with Gasteiger partial charge in [0, 0.05) is 22.8 Å². The third-order valence-corrected chi connectivity index (χ3v) is 5.88. The predicted molar refractivity (Wildman–Crippen MR) is 133 cm³/mol. The van der Waals surface area contributed by atoms with E-state index in [-0.39, 0.29) is 23.2 Å². The molecule has 0 fully saturated rings. The fourth-order valence-corrected chi connectivity index (χ4v) is 3.98. The van der Waals surface area contributed by atoms with Gasteiger partial charge in [-0.25, -0.2) is 4.98 Å². The molecule has 37 heavy (non-hydrogen) atoms. The normalized spacial score (nSPS) is 12.2. The Hall–Kier alpha value is -4.27. The molecule has 2 N–H and O–H groups in total. The molecule has 192 valence electrons. The molecule has 0 saturated heterocycles. The van der Waals surface area contributed by atoms with Crippen molar-refractivity contribution in [1.82, 2.24) is 4.98 Å². The van der Waals surface area contributed by atoms with Crippen LogP contribution in [0.25, 0.3) is 22.7 Å². The minimum atomic E-state index is -4.48. The molecule has 1 heterocycles. The number of ether oxygens (including phenoxy) is 1. The van der Waals surface area contributed by atoms with Crippen LogP contribution in [-0.4, -0.2) is 23.1 Å². The number of oxazole rings is 1. The van der Waals surface area contributed by atoms with Gasteiger partial charge in [-0.3, -0.25) is 10.1 Å². The van der Waals surface area contributed by atoms with E-state index in [0.29, 0.717) is 35.3 Å². The van der Waals surface area contributed by atoms with Gasteiger partial charge in [-0.05, 0) is 36.8 Å². The SMILES string of the molecule is CCCC(C(=O)Nc1oc(-c2ccccc2)nc1-c1ccc(C(F)(F)F)cc1)c1ccc(OC)cc1O. The molecule has 0 radical (unpaired) electrons. The Bertz CT molecular complexity index is 1370. The maximum Gasteiger partial charge on any atom is 0.416 e. The number of nitrogens with one attached hydrogen (secondary N) is 1. The molecule has 0 spiro atoms. The maximum absolute atomic E-state index is 13.4. The maximum atomic E-state index is 13.4. The minimum absolute atomic E-state index is 0.00211. The zero-order valence-electron chi connectivity index (χ0n) is 20.2. The second-order valence-electron chi connectivity index (χ2n) is 8.39. The summed E-state index contributed by atoms with van der Waals surface area (Å²) in [6.45, 7) is 1.91. The standard InChI is InChI=1S/C28H25F3N2O4/c1-3-7-22(21-15-14-20(36-2)16-23(21)34)25(35)33-27-24(17-10-12-19(13-11-17)28(29,30)31)32-26(37-27)18-8-5-4-6-9-18/h4-6,8-16,22,34H,3,7H2,1-2H3,(H,33,35).